The minimum Gasteiger partial charge on any atom is -0.343 e. The summed E-state index contributed by atoms with van der Waals surface area (Å²) in [6.07, 6.45) is -4.04. The van der Waals surface area contributed by atoms with Crippen LogP contribution in [0.3, 0.4) is 0 Å². The van der Waals surface area contributed by atoms with Crippen molar-refractivity contribution in [3.63, 3.8) is 0 Å². The van der Waals surface area contributed by atoms with Crippen LogP contribution in [0.5, 0.6) is 0 Å². The molecule has 1 aromatic rings. The van der Waals surface area contributed by atoms with Crippen molar-refractivity contribution < 1.29 is 36.0 Å². The van der Waals surface area contributed by atoms with Crippen LogP contribution >= 0.6 is 0 Å². The Morgan fingerprint density at radius 2 is 1.88 bits per heavy atom. The van der Waals surface area contributed by atoms with E-state index in [1.54, 1.807) is 5.32 Å². The summed E-state index contributed by atoms with van der Waals surface area (Å²) in [5.74, 6) is -1.82. The largest absolute Gasteiger partial charge is 0.405 e. The highest BCUT2D eigenvalue weighted by Crippen LogP contribution is 2.23. The number of carbonyl (C=O) groups excluding carboxylic acids is 3. The van der Waals surface area contributed by atoms with Crippen molar-refractivity contribution in [1.82, 2.24) is 15.2 Å². The summed E-state index contributed by atoms with van der Waals surface area (Å²) in [6, 6.07) is 5.19. The standard InChI is InChI=1S/C20H23F3N4O5S/c1-26(10-13-2-4-14(5-3-13)18(29)24-12-20(21,22)23)19(30)16-6-7-17(28)27(25-16)15-8-9-33(31,32)11-15/h2-5,15H,6-12H2,1H3,(H,24,29). The number of hydrogen-bond donors (Lipinski definition) is 1. The number of rotatable bonds is 6. The quantitative estimate of drug-likeness (QED) is 0.644. The number of nitrogens with one attached hydrogen (secondary N) is 1. The zero-order chi connectivity index (χ0) is 24.4. The summed E-state index contributed by atoms with van der Waals surface area (Å²) in [5.41, 5.74) is 0.823. The number of halogens is 3. The lowest BCUT2D eigenvalue weighted by Crippen LogP contribution is -2.44. The van der Waals surface area contributed by atoms with Gasteiger partial charge in [-0.25, -0.2) is 13.4 Å². The van der Waals surface area contributed by atoms with Crippen LogP contribution in [0.2, 0.25) is 0 Å². The second kappa shape index (κ2) is 9.49. The Hall–Kier alpha value is -2.96. The van der Waals surface area contributed by atoms with Crippen molar-refractivity contribution in [2.45, 2.75) is 38.0 Å². The van der Waals surface area contributed by atoms with Gasteiger partial charge in [0.05, 0.1) is 17.5 Å². The van der Waals surface area contributed by atoms with Crippen LogP contribution in [0, 0.1) is 0 Å². The first kappa shape index (κ1) is 24.7. The lowest BCUT2D eigenvalue weighted by Gasteiger charge is -2.29. The number of alkyl halides is 3. The summed E-state index contributed by atoms with van der Waals surface area (Å²) in [6.45, 7) is -1.30. The molecular formula is C20H23F3N4O5S. The minimum absolute atomic E-state index is 0.0234. The molecule has 0 saturated carbocycles. The Kier molecular flexibility index (Phi) is 7.10. The van der Waals surface area contributed by atoms with E-state index >= 15 is 0 Å². The third-order valence-electron chi connectivity index (χ3n) is 5.29. The van der Waals surface area contributed by atoms with Crippen LogP contribution in [0.4, 0.5) is 13.2 Å². The van der Waals surface area contributed by atoms with Crippen LogP contribution in [0.1, 0.15) is 35.2 Å². The molecule has 2 heterocycles. The van der Waals surface area contributed by atoms with Crippen molar-refractivity contribution in [1.29, 1.82) is 0 Å². The molecule has 33 heavy (non-hydrogen) atoms. The van der Waals surface area contributed by atoms with Crippen LogP contribution in [0.15, 0.2) is 29.4 Å². The van der Waals surface area contributed by atoms with E-state index in [9.17, 15) is 36.0 Å². The van der Waals surface area contributed by atoms with Crippen LogP contribution in [0.25, 0.3) is 0 Å². The minimum atomic E-state index is -4.51. The van der Waals surface area contributed by atoms with Crippen molar-refractivity contribution in [2.24, 2.45) is 5.10 Å². The van der Waals surface area contributed by atoms with Gasteiger partial charge in [0.15, 0.2) is 9.84 Å². The molecule has 3 rings (SSSR count). The molecule has 2 aliphatic rings. The Morgan fingerprint density at radius 1 is 1.21 bits per heavy atom. The van der Waals surface area contributed by atoms with E-state index in [0.29, 0.717) is 5.56 Å². The number of sulfone groups is 1. The lowest BCUT2D eigenvalue weighted by molar-refractivity contribution is -0.134. The summed E-state index contributed by atoms with van der Waals surface area (Å²) in [5, 5.41) is 7.05. The molecule has 1 atom stereocenters. The summed E-state index contributed by atoms with van der Waals surface area (Å²) >= 11 is 0. The average Bonchev–Trinajstić information content (AvgIpc) is 3.11. The molecule has 0 radical (unpaired) electrons. The maximum Gasteiger partial charge on any atom is 0.405 e. The normalized spacial score (nSPS) is 20.4. The van der Waals surface area contributed by atoms with Crippen LogP contribution in [-0.2, 0) is 26.0 Å². The molecular weight excluding hydrogens is 465 g/mol. The Bertz CT molecular complexity index is 1070. The van der Waals surface area contributed by atoms with Crippen molar-refractivity contribution in [3.8, 4) is 0 Å². The first-order valence-corrected chi connectivity index (χ1v) is 12.0. The topological polar surface area (TPSA) is 116 Å². The number of hydrazone groups is 1. The van der Waals surface area contributed by atoms with Gasteiger partial charge in [0.25, 0.3) is 11.8 Å². The predicted molar refractivity (Wildman–Crippen MR) is 112 cm³/mol. The third-order valence-corrected chi connectivity index (χ3v) is 7.04. The molecule has 1 aromatic carbocycles. The van der Waals surface area contributed by atoms with Gasteiger partial charge in [0, 0.05) is 32.0 Å². The Morgan fingerprint density at radius 3 is 2.45 bits per heavy atom. The zero-order valence-electron chi connectivity index (χ0n) is 17.8. The third kappa shape index (κ3) is 6.53. The van der Waals surface area contributed by atoms with Crippen LogP contribution < -0.4 is 5.32 Å². The van der Waals surface area contributed by atoms with E-state index in [0.717, 1.165) is 5.01 Å². The smallest absolute Gasteiger partial charge is 0.343 e. The van der Waals surface area contributed by atoms with Crippen molar-refractivity contribution in [3.05, 3.63) is 35.4 Å². The molecule has 1 unspecified atom stereocenters. The Labute approximate surface area is 188 Å². The summed E-state index contributed by atoms with van der Waals surface area (Å²) in [4.78, 5) is 38.2. The molecule has 0 aromatic heterocycles. The number of nitrogens with zero attached hydrogens (tertiary/aromatic N) is 3. The molecule has 1 saturated heterocycles. The molecule has 3 amide bonds. The number of amides is 3. The van der Waals surface area contributed by atoms with Gasteiger partial charge in [-0.2, -0.15) is 18.3 Å². The van der Waals surface area contributed by atoms with E-state index in [2.05, 4.69) is 5.10 Å². The molecule has 13 heteroatoms. The fourth-order valence-corrected chi connectivity index (χ4v) is 5.28. The zero-order valence-corrected chi connectivity index (χ0v) is 18.6. The lowest BCUT2D eigenvalue weighted by atomic mass is 10.1. The van der Waals surface area contributed by atoms with Gasteiger partial charge in [-0.1, -0.05) is 12.1 Å². The monoisotopic (exact) mass is 488 g/mol. The first-order valence-electron chi connectivity index (χ1n) is 10.1. The molecule has 1 fully saturated rings. The van der Waals surface area contributed by atoms with E-state index in [1.165, 1.54) is 36.2 Å². The van der Waals surface area contributed by atoms with Gasteiger partial charge >= 0.3 is 6.18 Å². The fraction of sp³-hybridized carbons (Fsp3) is 0.500. The molecule has 2 aliphatic heterocycles. The van der Waals surface area contributed by atoms with Gasteiger partial charge in [-0.15, -0.1) is 0 Å². The number of hydrogen-bond acceptors (Lipinski definition) is 6. The number of benzene rings is 1. The Balaban J connectivity index is 1.62. The fourth-order valence-electron chi connectivity index (χ4n) is 3.59. The maximum absolute atomic E-state index is 12.8. The SMILES string of the molecule is CN(Cc1ccc(C(=O)NCC(F)(F)F)cc1)C(=O)C1=NN(C2CCS(=O)(=O)C2)C(=O)CC1. The van der Waals surface area contributed by atoms with Crippen molar-refractivity contribution >= 4 is 33.3 Å². The first-order chi connectivity index (χ1) is 15.3. The van der Waals surface area contributed by atoms with E-state index in [-0.39, 0.29) is 54.5 Å². The van der Waals surface area contributed by atoms with E-state index < -0.39 is 40.4 Å². The van der Waals surface area contributed by atoms with Gasteiger partial charge < -0.3 is 10.2 Å². The van der Waals surface area contributed by atoms with E-state index in [4.69, 9.17) is 0 Å². The number of carbonyl (C=O) groups is 3. The van der Waals surface area contributed by atoms with E-state index in [1.807, 2.05) is 0 Å². The van der Waals surface area contributed by atoms with Gasteiger partial charge in [0.2, 0.25) is 5.91 Å². The molecule has 0 bridgehead atoms. The molecule has 1 N–H and O–H groups in total. The summed E-state index contributed by atoms with van der Waals surface area (Å²) in [7, 11) is -1.70. The maximum atomic E-state index is 12.8. The summed E-state index contributed by atoms with van der Waals surface area (Å²) < 4.78 is 60.1. The highest BCUT2D eigenvalue weighted by molar-refractivity contribution is 7.91. The molecule has 180 valence electrons. The second-order valence-corrected chi connectivity index (χ2v) is 10.2. The van der Waals surface area contributed by atoms with Gasteiger partial charge in [-0.05, 0) is 24.1 Å². The van der Waals surface area contributed by atoms with Crippen LogP contribution in [-0.4, -0.2) is 79.1 Å². The van der Waals surface area contributed by atoms with Gasteiger partial charge in [0.1, 0.15) is 12.3 Å². The highest BCUT2D eigenvalue weighted by Gasteiger charge is 2.37. The molecule has 0 aliphatic carbocycles. The van der Waals surface area contributed by atoms with Gasteiger partial charge in [-0.3, -0.25) is 14.4 Å². The molecule has 0 spiro atoms. The average molecular weight is 488 g/mol. The molecule has 9 nitrogen and oxygen atoms in total. The van der Waals surface area contributed by atoms with Crippen molar-refractivity contribution in [2.75, 3.05) is 25.1 Å². The predicted octanol–water partition coefficient (Wildman–Crippen LogP) is 1.10. The highest BCUT2D eigenvalue weighted by atomic mass is 32.2. The second-order valence-electron chi connectivity index (χ2n) is 8.00.